The minimum absolute atomic E-state index is 0.0864. The number of hydrogen-bond donors (Lipinski definition) is 5. The number of ether oxygens (including phenoxy) is 1. The van der Waals surface area contributed by atoms with E-state index in [2.05, 4.69) is 20.3 Å². The van der Waals surface area contributed by atoms with Crippen LogP contribution in [0, 0.1) is 0 Å². The number of carbonyl (C=O) groups excluding carboxylic acids is 1. The number of nitrogen functional groups attached to an aromatic ring is 1. The fourth-order valence-electron chi connectivity index (χ4n) is 2.71. The maximum absolute atomic E-state index is 11.6. The maximum Gasteiger partial charge on any atom is 0.303 e. The molecule has 0 aliphatic carbocycles. The molecule has 0 aromatic carbocycles. The number of nitrogens with one attached hydrogen (secondary N) is 1. The lowest BCUT2D eigenvalue weighted by molar-refractivity contribution is -0.138. The van der Waals surface area contributed by atoms with Gasteiger partial charge in [0, 0.05) is 13.0 Å². The predicted molar refractivity (Wildman–Crippen MR) is 85.5 cm³/mol. The fraction of sp³-hybridized carbons (Fsp3) is 0.500. The Bertz CT molecular complexity index is 825. The number of nitrogens with zero attached hydrogens (tertiary/aromatic N) is 4. The van der Waals surface area contributed by atoms with Crippen LogP contribution >= 0.6 is 0 Å². The average molecular weight is 366 g/mol. The van der Waals surface area contributed by atoms with Crippen molar-refractivity contribution in [3.05, 3.63) is 12.7 Å². The van der Waals surface area contributed by atoms with Gasteiger partial charge < -0.3 is 31.1 Å². The molecule has 12 nitrogen and oxygen atoms in total. The second-order valence-electron chi connectivity index (χ2n) is 5.83. The summed E-state index contributed by atoms with van der Waals surface area (Å²) in [6.07, 6.45) is -2.30. The molecule has 1 amide bonds. The lowest BCUT2D eigenvalue weighted by atomic mass is 10.1. The predicted octanol–water partition coefficient (Wildman–Crippen LogP) is -1.99. The lowest BCUT2D eigenvalue weighted by Gasteiger charge is -2.16. The smallest absolute Gasteiger partial charge is 0.303 e. The molecule has 12 heteroatoms. The van der Waals surface area contributed by atoms with Crippen molar-refractivity contribution >= 4 is 28.9 Å². The lowest BCUT2D eigenvalue weighted by Crippen LogP contribution is -2.39. The maximum atomic E-state index is 11.6. The normalized spacial score (nSPS) is 25.5. The van der Waals surface area contributed by atoms with Gasteiger partial charge >= 0.3 is 5.97 Å². The van der Waals surface area contributed by atoms with Crippen molar-refractivity contribution in [3.63, 3.8) is 0 Å². The molecule has 4 atom stereocenters. The van der Waals surface area contributed by atoms with E-state index in [0.717, 1.165) is 0 Å². The van der Waals surface area contributed by atoms with E-state index in [1.807, 2.05) is 0 Å². The molecule has 140 valence electrons. The van der Waals surface area contributed by atoms with Gasteiger partial charge in [-0.1, -0.05) is 0 Å². The van der Waals surface area contributed by atoms with Gasteiger partial charge in [0.2, 0.25) is 5.91 Å². The van der Waals surface area contributed by atoms with Crippen molar-refractivity contribution in [2.45, 2.75) is 37.4 Å². The molecule has 0 bridgehead atoms. The highest BCUT2D eigenvalue weighted by Gasteiger charge is 2.44. The number of carboxylic acids is 1. The number of nitrogens with two attached hydrogens (primary N) is 1. The topological polar surface area (TPSA) is 186 Å². The van der Waals surface area contributed by atoms with Gasteiger partial charge in [-0.3, -0.25) is 14.2 Å². The van der Waals surface area contributed by atoms with Gasteiger partial charge in [0.1, 0.15) is 30.2 Å². The van der Waals surface area contributed by atoms with Crippen molar-refractivity contribution in [1.29, 1.82) is 0 Å². The zero-order chi connectivity index (χ0) is 18.8. The quantitative estimate of drug-likeness (QED) is 0.383. The van der Waals surface area contributed by atoms with Gasteiger partial charge in [-0.25, -0.2) is 15.0 Å². The molecule has 0 saturated carbocycles. The monoisotopic (exact) mass is 366 g/mol. The SMILES string of the molecule is Nc1ncnc2c1ncn2[C@@H]1O[C@H](CNC(=O)CCC(=O)O)[C@@H](O)[C@H]1O. The van der Waals surface area contributed by atoms with E-state index in [1.165, 1.54) is 17.2 Å². The Hall–Kier alpha value is -2.83. The standard InChI is InChI=1S/C14H18N6O6/c15-12-9-13(18-4-17-12)20(5-19-9)14-11(25)10(24)6(26-14)3-16-7(21)1-2-8(22)23/h4-6,10-11,14,24-25H,1-3H2,(H,16,21)(H,22,23)(H2,15,17,18)/t6-,10-,11-,14-/m1/s1. The van der Waals surface area contributed by atoms with E-state index in [0.29, 0.717) is 11.2 Å². The molecule has 1 aliphatic rings. The molecular formula is C14H18N6O6. The van der Waals surface area contributed by atoms with Gasteiger partial charge in [-0.2, -0.15) is 0 Å². The number of carbonyl (C=O) groups is 2. The first kappa shape index (κ1) is 18.0. The van der Waals surface area contributed by atoms with Gasteiger partial charge in [0.05, 0.1) is 12.7 Å². The third-order valence-corrected chi connectivity index (χ3v) is 4.06. The van der Waals surface area contributed by atoms with Crippen molar-refractivity contribution in [3.8, 4) is 0 Å². The highest BCUT2D eigenvalue weighted by Crippen LogP contribution is 2.31. The van der Waals surface area contributed by atoms with Crippen LogP contribution in [0.4, 0.5) is 5.82 Å². The molecule has 0 radical (unpaired) electrons. The van der Waals surface area contributed by atoms with Crippen LogP contribution in [0.2, 0.25) is 0 Å². The molecular weight excluding hydrogens is 348 g/mol. The molecule has 1 saturated heterocycles. The first-order valence-electron chi connectivity index (χ1n) is 7.81. The van der Waals surface area contributed by atoms with Crippen LogP contribution in [-0.4, -0.2) is 71.6 Å². The zero-order valence-electron chi connectivity index (χ0n) is 13.5. The van der Waals surface area contributed by atoms with E-state index >= 15 is 0 Å². The Balaban J connectivity index is 1.68. The van der Waals surface area contributed by atoms with Gasteiger partial charge in [0.15, 0.2) is 17.7 Å². The highest BCUT2D eigenvalue weighted by atomic mass is 16.6. The summed E-state index contributed by atoms with van der Waals surface area (Å²) in [5, 5.41) is 31.5. The third-order valence-electron chi connectivity index (χ3n) is 4.06. The summed E-state index contributed by atoms with van der Waals surface area (Å²) in [4.78, 5) is 34.0. The number of carboxylic acid groups (broad SMARTS) is 1. The first-order chi connectivity index (χ1) is 12.4. The highest BCUT2D eigenvalue weighted by molar-refractivity contribution is 5.81. The van der Waals surface area contributed by atoms with Crippen molar-refractivity contribution in [2.24, 2.45) is 0 Å². The number of anilines is 1. The summed E-state index contributed by atoms with van der Waals surface area (Å²) in [6.45, 7) is -0.0864. The minimum Gasteiger partial charge on any atom is -0.481 e. The summed E-state index contributed by atoms with van der Waals surface area (Å²) < 4.78 is 7.07. The largest absolute Gasteiger partial charge is 0.481 e. The minimum atomic E-state index is -1.29. The number of imidazole rings is 1. The average Bonchev–Trinajstić information content (AvgIpc) is 3.15. The van der Waals surface area contributed by atoms with E-state index in [1.54, 1.807) is 0 Å². The molecule has 26 heavy (non-hydrogen) atoms. The summed E-state index contributed by atoms with van der Waals surface area (Å²) in [7, 11) is 0. The van der Waals surface area contributed by atoms with E-state index in [4.69, 9.17) is 15.6 Å². The Morgan fingerprint density at radius 1 is 1.23 bits per heavy atom. The molecule has 1 aliphatic heterocycles. The van der Waals surface area contributed by atoms with Crippen LogP contribution in [0.5, 0.6) is 0 Å². The van der Waals surface area contributed by atoms with Crippen LogP contribution in [-0.2, 0) is 14.3 Å². The summed E-state index contributed by atoms with van der Waals surface area (Å²) >= 11 is 0. The van der Waals surface area contributed by atoms with Crippen LogP contribution in [0.15, 0.2) is 12.7 Å². The number of amides is 1. The first-order valence-corrected chi connectivity index (χ1v) is 7.81. The third kappa shape index (κ3) is 3.42. The van der Waals surface area contributed by atoms with E-state index in [9.17, 15) is 19.8 Å². The number of hydrogen-bond acceptors (Lipinski definition) is 9. The number of aromatic nitrogens is 4. The molecule has 1 fully saturated rings. The molecule has 6 N–H and O–H groups in total. The molecule has 2 aromatic rings. The van der Waals surface area contributed by atoms with Crippen LogP contribution in [0.1, 0.15) is 19.1 Å². The Labute approximate surface area is 146 Å². The van der Waals surface area contributed by atoms with Crippen molar-refractivity contribution in [1.82, 2.24) is 24.8 Å². The van der Waals surface area contributed by atoms with Crippen molar-refractivity contribution < 1.29 is 29.6 Å². The fourth-order valence-corrected chi connectivity index (χ4v) is 2.71. The molecule has 3 rings (SSSR count). The van der Waals surface area contributed by atoms with Gasteiger partial charge in [0.25, 0.3) is 0 Å². The Kier molecular flexibility index (Phi) is 4.97. The van der Waals surface area contributed by atoms with Crippen LogP contribution in [0.3, 0.4) is 0 Å². The Morgan fingerprint density at radius 3 is 2.73 bits per heavy atom. The summed E-state index contributed by atoms with van der Waals surface area (Å²) in [5.74, 6) is -1.40. The molecule has 0 spiro atoms. The summed E-state index contributed by atoms with van der Waals surface area (Å²) in [6, 6.07) is 0. The van der Waals surface area contributed by atoms with E-state index < -0.39 is 36.4 Å². The second kappa shape index (κ2) is 7.19. The number of rotatable bonds is 6. The van der Waals surface area contributed by atoms with E-state index in [-0.39, 0.29) is 25.2 Å². The second-order valence-corrected chi connectivity index (χ2v) is 5.83. The van der Waals surface area contributed by atoms with Crippen LogP contribution in [0.25, 0.3) is 11.2 Å². The van der Waals surface area contributed by atoms with Gasteiger partial charge in [-0.05, 0) is 0 Å². The number of fused-ring (bicyclic) bond motifs is 1. The van der Waals surface area contributed by atoms with Crippen LogP contribution < -0.4 is 11.1 Å². The summed E-state index contributed by atoms with van der Waals surface area (Å²) in [5.41, 5.74) is 6.39. The zero-order valence-corrected chi connectivity index (χ0v) is 13.5. The van der Waals surface area contributed by atoms with Gasteiger partial charge in [-0.15, -0.1) is 0 Å². The number of aliphatic hydroxyl groups excluding tert-OH is 2. The molecule has 3 heterocycles. The number of aliphatic carboxylic acids is 1. The Morgan fingerprint density at radius 2 is 2.00 bits per heavy atom. The van der Waals surface area contributed by atoms with Crippen molar-refractivity contribution in [2.75, 3.05) is 12.3 Å². The number of aliphatic hydroxyl groups is 2. The molecule has 2 aromatic heterocycles. The molecule has 0 unspecified atom stereocenters.